The zero-order chi connectivity index (χ0) is 14.9. The van der Waals surface area contributed by atoms with Crippen molar-refractivity contribution in [3.63, 3.8) is 0 Å². The van der Waals surface area contributed by atoms with Crippen molar-refractivity contribution in [2.45, 2.75) is 25.7 Å². The first-order valence-electron chi connectivity index (χ1n) is 7.71. The van der Waals surface area contributed by atoms with Crippen molar-refractivity contribution >= 4 is 17.6 Å². The molecule has 1 aliphatic rings. The predicted octanol–water partition coefficient (Wildman–Crippen LogP) is 2.57. The summed E-state index contributed by atoms with van der Waals surface area (Å²) in [5.74, 6) is 0.748. The summed E-state index contributed by atoms with van der Waals surface area (Å²) in [4.78, 5) is 11.7. The molecule has 0 saturated carbocycles. The summed E-state index contributed by atoms with van der Waals surface area (Å²) in [6.45, 7) is 3.60. The standard InChI is InChI=1S/C16H24ClN3O/c17-15-3-1-2-14(12-15)7-11-20-16(21)19-10-6-13-4-8-18-9-5-13/h1-3,12-13,18H,4-11H2,(H2,19,20,21). The maximum atomic E-state index is 11.7. The van der Waals surface area contributed by atoms with Crippen LogP contribution in [0.25, 0.3) is 0 Å². The monoisotopic (exact) mass is 309 g/mol. The number of halogens is 1. The molecule has 21 heavy (non-hydrogen) atoms. The highest BCUT2D eigenvalue weighted by atomic mass is 35.5. The van der Waals surface area contributed by atoms with E-state index in [1.165, 1.54) is 12.8 Å². The Morgan fingerprint density at radius 2 is 2.00 bits per heavy atom. The fraction of sp³-hybridized carbons (Fsp3) is 0.562. The highest BCUT2D eigenvalue weighted by Crippen LogP contribution is 2.14. The van der Waals surface area contributed by atoms with Gasteiger partial charge in [0.1, 0.15) is 0 Å². The molecule has 0 bridgehead atoms. The molecule has 1 heterocycles. The number of nitrogens with one attached hydrogen (secondary N) is 3. The van der Waals surface area contributed by atoms with Gasteiger partial charge in [0.15, 0.2) is 0 Å². The molecule has 2 amide bonds. The summed E-state index contributed by atoms with van der Waals surface area (Å²) in [5.41, 5.74) is 1.14. The number of rotatable bonds is 6. The lowest BCUT2D eigenvalue weighted by atomic mass is 9.95. The molecule has 0 atom stereocenters. The first-order valence-corrected chi connectivity index (χ1v) is 8.08. The topological polar surface area (TPSA) is 53.2 Å². The maximum Gasteiger partial charge on any atom is 0.314 e. The van der Waals surface area contributed by atoms with Crippen LogP contribution in [-0.4, -0.2) is 32.2 Å². The van der Waals surface area contributed by atoms with Gasteiger partial charge in [-0.05, 0) is 62.4 Å². The Labute approximate surface area is 131 Å². The van der Waals surface area contributed by atoms with Gasteiger partial charge in [0.05, 0.1) is 0 Å². The minimum atomic E-state index is -0.0778. The quantitative estimate of drug-likeness (QED) is 0.756. The highest BCUT2D eigenvalue weighted by Gasteiger charge is 2.12. The molecule has 116 valence electrons. The third-order valence-electron chi connectivity index (χ3n) is 3.89. The van der Waals surface area contributed by atoms with Crippen LogP contribution in [0.1, 0.15) is 24.8 Å². The zero-order valence-corrected chi connectivity index (χ0v) is 13.1. The Bertz CT molecular complexity index is 447. The molecular formula is C16H24ClN3O. The summed E-state index contributed by atoms with van der Waals surface area (Å²) in [7, 11) is 0. The third-order valence-corrected chi connectivity index (χ3v) is 4.12. The fourth-order valence-corrected chi connectivity index (χ4v) is 2.85. The number of amides is 2. The van der Waals surface area contributed by atoms with Crippen LogP contribution in [0, 0.1) is 5.92 Å². The molecule has 3 N–H and O–H groups in total. The van der Waals surface area contributed by atoms with Crippen LogP contribution in [0.5, 0.6) is 0 Å². The predicted molar refractivity (Wildman–Crippen MR) is 86.8 cm³/mol. The molecule has 1 aromatic carbocycles. The fourth-order valence-electron chi connectivity index (χ4n) is 2.64. The van der Waals surface area contributed by atoms with E-state index in [-0.39, 0.29) is 6.03 Å². The minimum Gasteiger partial charge on any atom is -0.338 e. The molecule has 1 aromatic rings. The van der Waals surface area contributed by atoms with Gasteiger partial charge in [-0.3, -0.25) is 0 Å². The average molecular weight is 310 g/mol. The average Bonchev–Trinajstić information content (AvgIpc) is 2.48. The summed E-state index contributed by atoms with van der Waals surface area (Å²) < 4.78 is 0. The lowest BCUT2D eigenvalue weighted by molar-refractivity contribution is 0.239. The molecule has 4 nitrogen and oxygen atoms in total. The number of piperidine rings is 1. The van der Waals surface area contributed by atoms with Crippen molar-refractivity contribution in [1.29, 1.82) is 0 Å². The SMILES string of the molecule is O=C(NCCc1cccc(Cl)c1)NCCC1CCNCC1. The van der Waals surface area contributed by atoms with Crippen LogP contribution in [0.4, 0.5) is 4.79 Å². The molecule has 0 aromatic heterocycles. The van der Waals surface area contributed by atoms with Crippen LogP contribution < -0.4 is 16.0 Å². The van der Waals surface area contributed by atoms with Gasteiger partial charge in [-0.2, -0.15) is 0 Å². The summed E-state index contributed by atoms with van der Waals surface area (Å²) in [6, 6.07) is 7.65. The second kappa shape index (κ2) is 8.90. The Kier molecular flexibility index (Phi) is 6.83. The van der Waals surface area contributed by atoms with Crippen molar-refractivity contribution in [3.05, 3.63) is 34.9 Å². The van der Waals surface area contributed by atoms with Gasteiger partial charge in [0.2, 0.25) is 0 Å². The first kappa shape index (κ1) is 16.1. The van der Waals surface area contributed by atoms with E-state index in [9.17, 15) is 4.79 Å². The Morgan fingerprint density at radius 1 is 1.24 bits per heavy atom. The highest BCUT2D eigenvalue weighted by molar-refractivity contribution is 6.30. The number of benzene rings is 1. The molecule has 2 rings (SSSR count). The molecule has 1 fully saturated rings. The third kappa shape index (κ3) is 6.36. The Morgan fingerprint density at radius 3 is 2.76 bits per heavy atom. The van der Waals surface area contributed by atoms with E-state index < -0.39 is 0 Å². The molecule has 0 unspecified atom stereocenters. The van der Waals surface area contributed by atoms with Crippen molar-refractivity contribution in [2.24, 2.45) is 5.92 Å². The number of hydrogen-bond donors (Lipinski definition) is 3. The van der Waals surface area contributed by atoms with Gasteiger partial charge in [0, 0.05) is 18.1 Å². The molecule has 0 radical (unpaired) electrons. The summed E-state index contributed by atoms with van der Waals surface area (Å²) in [5, 5.41) is 9.90. The number of urea groups is 1. The van der Waals surface area contributed by atoms with E-state index in [1.54, 1.807) is 0 Å². The van der Waals surface area contributed by atoms with Crippen LogP contribution in [0.2, 0.25) is 5.02 Å². The number of carbonyl (C=O) groups is 1. The molecule has 1 saturated heterocycles. The van der Waals surface area contributed by atoms with E-state index in [4.69, 9.17) is 11.6 Å². The Balaban J connectivity index is 1.55. The van der Waals surface area contributed by atoms with Crippen LogP contribution in [0.3, 0.4) is 0 Å². The molecule has 1 aliphatic heterocycles. The molecular weight excluding hydrogens is 286 g/mol. The normalized spacial score (nSPS) is 15.7. The first-order chi connectivity index (χ1) is 10.2. The smallest absolute Gasteiger partial charge is 0.314 e. The number of hydrogen-bond acceptors (Lipinski definition) is 2. The number of carbonyl (C=O) groups excluding carboxylic acids is 1. The molecule has 5 heteroatoms. The van der Waals surface area contributed by atoms with Crippen molar-refractivity contribution in [3.8, 4) is 0 Å². The van der Waals surface area contributed by atoms with Gasteiger partial charge in [-0.25, -0.2) is 4.79 Å². The minimum absolute atomic E-state index is 0.0778. The van der Waals surface area contributed by atoms with E-state index in [2.05, 4.69) is 16.0 Å². The van der Waals surface area contributed by atoms with E-state index in [0.29, 0.717) is 6.54 Å². The van der Waals surface area contributed by atoms with Gasteiger partial charge >= 0.3 is 6.03 Å². The Hall–Kier alpha value is -1.26. The van der Waals surface area contributed by atoms with Crippen LogP contribution >= 0.6 is 11.6 Å². The van der Waals surface area contributed by atoms with Crippen LogP contribution in [-0.2, 0) is 6.42 Å². The van der Waals surface area contributed by atoms with Crippen molar-refractivity contribution in [2.75, 3.05) is 26.2 Å². The van der Waals surface area contributed by atoms with E-state index >= 15 is 0 Å². The van der Waals surface area contributed by atoms with Crippen molar-refractivity contribution < 1.29 is 4.79 Å². The molecule has 0 aliphatic carbocycles. The van der Waals surface area contributed by atoms with Gasteiger partial charge in [-0.1, -0.05) is 23.7 Å². The molecule has 0 spiro atoms. The summed E-state index contributed by atoms with van der Waals surface area (Å²) in [6.07, 6.45) is 4.31. The van der Waals surface area contributed by atoms with Crippen LogP contribution in [0.15, 0.2) is 24.3 Å². The maximum absolute atomic E-state index is 11.7. The lowest BCUT2D eigenvalue weighted by Crippen LogP contribution is -2.38. The van der Waals surface area contributed by atoms with E-state index in [0.717, 1.165) is 49.0 Å². The van der Waals surface area contributed by atoms with Crippen molar-refractivity contribution in [1.82, 2.24) is 16.0 Å². The largest absolute Gasteiger partial charge is 0.338 e. The van der Waals surface area contributed by atoms with Gasteiger partial charge in [0.25, 0.3) is 0 Å². The summed E-state index contributed by atoms with van der Waals surface area (Å²) >= 11 is 5.92. The second-order valence-corrected chi connectivity index (χ2v) is 5.98. The van der Waals surface area contributed by atoms with Gasteiger partial charge < -0.3 is 16.0 Å². The van der Waals surface area contributed by atoms with E-state index in [1.807, 2.05) is 24.3 Å². The zero-order valence-electron chi connectivity index (χ0n) is 12.3. The van der Waals surface area contributed by atoms with Gasteiger partial charge in [-0.15, -0.1) is 0 Å². The second-order valence-electron chi connectivity index (χ2n) is 5.54. The lowest BCUT2D eigenvalue weighted by Gasteiger charge is -2.22.